The van der Waals surface area contributed by atoms with Gasteiger partial charge in [0.15, 0.2) is 5.78 Å². The van der Waals surface area contributed by atoms with Crippen molar-refractivity contribution in [3.63, 3.8) is 0 Å². The van der Waals surface area contributed by atoms with Crippen LogP contribution in [0.5, 0.6) is 5.75 Å². The molecule has 1 unspecified atom stereocenters. The number of ketones is 1. The summed E-state index contributed by atoms with van der Waals surface area (Å²) in [4.78, 5) is 11.3. The number of carbonyl (C=O) groups is 1. The van der Waals surface area contributed by atoms with Crippen LogP contribution in [0.25, 0.3) is 0 Å². The first-order valence-electron chi connectivity index (χ1n) is 3.69. The third-order valence-electron chi connectivity index (χ3n) is 1.59. The number of alkyl halides is 1. The summed E-state index contributed by atoms with van der Waals surface area (Å²) >= 11 is 5.19. The number of hydrogen-bond acceptors (Lipinski definition) is 2. The lowest BCUT2D eigenvalue weighted by Gasteiger charge is -2.03. The van der Waals surface area contributed by atoms with Crippen molar-refractivity contribution < 1.29 is 9.90 Å². The van der Waals surface area contributed by atoms with E-state index in [9.17, 15) is 9.90 Å². The third kappa shape index (κ3) is 2.67. The molecule has 0 saturated carbocycles. The van der Waals surface area contributed by atoms with Crippen LogP contribution < -0.4 is 0 Å². The Labute approximate surface area is 98.6 Å². The fraction of sp³-hybridized carbons (Fsp3) is 0.222. The van der Waals surface area contributed by atoms with Gasteiger partial charge in [-0.3, -0.25) is 4.79 Å². The number of phenolic OH excluding ortho intramolecular Hbond substituents is 1. The Bertz CT molecular complexity index is 336. The molecule has 1 aromatic rings. The number of carbonyl (C=O) groups excluding carboxylic acids is 1. The standard InChI is InChI=1S/C9H8BrIO2/c1-5(10)9(13)6-2-3-8(12)7(11)4-6/h2-5,12H,1H3. The summed E-state index contributed by atoms with van der Waals surface area (Å²) in [6.45, 7) is 1.78. The van der Waals surface area contributed by atoms with Gasteiger partial charge in [-0.25, -0.2) is 0 Å². The van der Waals surface area contributed by atoms with E-state index in [-0.39, 0.29) is 16.4 Å². The fourth-order valence-electron chi connectivity index (χ4n) is 0.890. The molecule has 0 saturated heterocycles. The molecule has 4 heteroatoms. The molecule has 13 heavy (non-hydrogen) atoms. The maximum absolute atomic E-state index is 11.5. The zero-order chi connectivity index (χ0) is 10.0. The summed E-state index contributed by atoms with van der Waals surface area (Å²) in [7, 11) is 0. The molecule has 0 radical (unpaired) electrons. The van der Waals surface area contributed by atoms with Crippen LogP contribution in [0, 0.1) is 3.57 Å². The molecule has 0 spiro atoms. The number of Topliss-reactive ketones (excluding diaryl/α,β-unsaturated/α-hetero) is 1. The van der Waals surface area contributed by atoms with Crippen LogP contribution in [-0.2, 0) is 0 Å². The summed E-state index contributed by atoms with van der Waals surface area (Å²) < 4.78 is 0.691. The lowest BCUT2D eigenvalue weighted by atomic mass is 10.1. The van der Waals surface area contributed by atoms with Crippen LogP contribution in [0.2, 0.25) is 0 Å². The summed E-state index contributed by atoms with van der Waals surface area (Å²) in [5.41, 5.74) is 0.617. The van der Waals surface area contributed by atoms with Gasteiger partial charge in [-0.05, 0) is 47.7 Å². The van der Waals surface area contributed by atoms with Gasteiger partial charge in [-0.2, -0.15) is 0 Å². The van der Waals surface area contributed by atoms with Gasteiger partial charge in [0.05, 0.1) is 8.40 Å². The van der Waals surface area contributed by atoms with Crippen LogP contribution >= 0.6 is 38.5 Å². The van der Waals surface area contributed by atoms with Gasteiger partial charge in [-0.1, -0.05) is 15.9 Å². The highest BCUT2D eigenvalue weighted by molar-refractivity contribution is 14.1. The highest BCUT2D eigenvalue weighted by Crippen LogP contribution is 2.21. The lowest BCUT2D eigenvalue weighted by molar-refractivity contribution is 0.0996. The second-order valence-corrected chi connectivity index (χ2v) is 5.18. The molecule has 1 rings (SSSR count). The van der Waals surface area contributed by atoms with Gasteiger partial charge in [0.1, 0.15) is 5.75 Å². The minimum absolute atomic E-state index is 0.0258. The van der Waals surface area contributed by atoms with Crippen molar-refractivity contribution in [3.8, 4) is 5.75 Å². The predicted molar refractivity (Wildman–Crippen MR) is 63.5 cm³/mol. The summed E-state index contributed by atoms with van der Waals surface area (Å²) in [6, 6.07) is 4.83. The Hall–Kier alpha value is -0.100. The second kappa shape index (κ2) is 4.41. The molecule has 0 heterocycles. The van der Waals surface area contributed by atoms with E-state index in [1.165, 1.54) is 6.07 Å². The van der Waals surface area contributed by atoms with Crippen LogP contribution in [0.4, 0.5) is 0 Å². The van der Waals surface area contributed by atoms with E-state index in [4.69, 9.17) is 0 Å². The van der Waals surface area contributed by atoms with Gasteiger partial charge < -0.3 is 5.11 Å². The molecule has 0 aliphatic carbocycles. The quantitative estimate of drug-likeness (QED) is 0.503. The average molecular weight is 355 g/mol. The van der Waals surface area contributed by atoms with E-state index in [2.05, 4.69) is 15.9 Å². The molecular weight excluding hydrogens is 347 g/mol. The van der Waals surface area contributed by atoms with E-state index in [1.807, 2.05) is 22.6 Å². The lowest BCUT2D eigenvalue weighted by Crippen LogP contribution is -2.09. The number of aromatic hydroxyl groups is 1. The number of phenols is 1. The van der Waals surface area contributed by atoms with E-state index >= 15 is 0 Å². The van der Waals surface area contributed by atoms with Crippen molar-refractivity contribution in [2.75, 3.05) is 0 Å². The van der Waals surface area contributed by atoms with Gasteiger partial charge in [0.2, 0.25) is 0 Å². The van der Waals surface area contributed by atoms with Crippen molar-refractivity contribution in [2.24, 2.45) is 0 Å². The minimum atomic E-state index is -0.187. The second-order valence-electron chi connectivity index (χ2n) is 2.65. The Morgan fingerprint density at radius 3 is 2.69 bits per heavy atom. The van der Waals surface area contributed by atoms with Crippen molar-refractivity contribution in [1.29, 1.82) is 0 Å². The topological polar surface area (TPSA) is 37.3 Å². The number of halogens is 2. The van der Waals surface area contributed by atoms with Crippen LogP contribution in [-0.4, -0.2) is 15.7 Å². The van der Waals surface area contributed by atoms with E-state index in [0.29, 0.717) is 9.13 Å². The molecular formula is C9H8BrIO2. The largest absolute Gasteiger partial charge is 0.507 e. The predicted octanol–water partition coefficient (Wildman–Crippen LogP) is 2.96. The highest BCUT2D eigenvalue weighted by Gasteiger charge is 2.12. The maximum Gasteiger partial charge on any atom is 0.176 e. The molecule has 0 aliphatic heterocycles. The molecule has 1 atom stereocenters. The van der Waals surface area contributed by atoms with Crippen molar-refractivity contribution in [1.82, 2.24) is 0 Å². The van der Waals surface area contributed by atoms with E-state index < -0.39 is 0 Å². The molecule has 2 nitrogen and oxygen atoms in total. The molecule has 0 amide bonds. The van der Waals surface area contributed by atoms with E-state index in [0.717, 1.165) is 0 Å². The molecule has 1 N–H and O–H groups in total. The van der Waals surface area contributed by atoms with Crippen molar-refractivity contribution in [3.05, 3.63) is 27.3 Å². The van der Waals surface area contributed by atoms with Gasteiger partial charge in [0, 0.05) is 5.56 Å². The fourth-order valence-corrected chi connectivity index (χ4v) is 1.67. The Morgan fingerprint density at radius 1 is 1.62 bits per heavy atom. The SMILES string of the molecule is CC(Br)C(=O)c1ccc(O)c(I)c1. The van der Waals surface area contributed by atoms with Crippen molar-refractivity contribution in [2.45, 2.75) is 11.8 Å². The highest BCUT2D eigenvalue weighted by atomic mass is 127. The molecule has 0 bridgehead atoms. The third-order valence-corrected chi connectivity index (χ3v) is 2.87. The zero-order valence-corrected chi connectivity index (χ0v) is 10.7. The molecule has 0 aliphatic rings. The van der Waals surface area contributed by atoms with E-state index in [1.54, 1.807) is 19.1 Å². The summed E-state index contributed by atoms with van der Waals surface area (Å²) in [5.74, 6) is 0.234. The summed E-state index contributed by atoms with van der Waals surface area (Å²) in [6.07, 6.45) is 0. The number of benzene rings is 1. The normalized spacial score (nSPS) is 12.5. The number of rotatable bonds is 2. The van der Waals surface area contributed by atoms with Crippen LogP contribution in [0.1, 0.15) is 17.3 Å². The molecule has 0 fully saturated rings. The zero-order valence-electron chi connectivity index (χ0n) is 6.92. The Balaban J connectivity index is 3.04. The number of hydrogen-bond donors (Lipinski definition) is 1. The van der Waals surface area contributed by atoms with Gasteiger partial charge in [-0.15, -0.1) is 0 Å². The van der Waals surface area contributed by atoms with Gasteiger partial charge >= 0.3 is 0 Å². The first kappa shape index (κ1) is 11.0. The first-order chi connectivity index (χ1) is 6.02. The van der Waals surface area contributed by atoms with Crippen molar-refractivity contribution >= 4 is 44.3 Å². The first-order valence-corrected chi connectivity index (χ1v) is 5.68. The molecule has 1 aromatic carbocycles. The monoisotopic (exact) mass is 354 g/mol. The van der Waals surface area contributed by atoms with Crippen LogP contribution in [0.15, 0.2) is 18.2 Å². The Morgan fingerprint density at radius 2 is 2.23 bits per heavy atom. The van der Waals surface area contributed by atoms with Crippen LogP contribution in [0.3, 0.4) is 0 Å². The minimum Gasteiger partial charge on any atom is -0.507 e. The molecule has 70 valence electrons. The summed E-state index contributed by atoms with van der Waals surface area (Å²) in [5, 5.41) is 9.23. The Kier molecular flexibility index (Phi) is 3.73. The maximum atomic E-state index is 11.5. The smallest absolute Gasteiger partial charge is 0.176 e. The molecule has 0 aromatic heterocycles. The van der Waals surface area contributed by atoms with Gasteiger partial charge in [0.25, 0.3) is 0 Å². The average Bonchev–Trinajstić information content (AvgIpc) is 2.08.